The van der Waals surface area contributed by atoms with Crippen molar-refractivity contribution in [2.24, 2.45) is 0 Å². The molecule has 3 heterocycles. The number of hydrogen-bond acceptors (Lipinski definition) is 5. The second-order valence-electron chi connectivity index (χ2n) is 8.44. The molecule has 1 amide bonds. The van der Waals surface area contributed by atoms with E-state index in [0.717, 1.165) is 43.1 Å². The molecule has 2 aliphatic rings. The Morgan fingerprint density at radius 1 is 1.19 bits per heavy atom. The Kier molecular flexibility index (Phi) is 6.02. The summed E-state index contributed by atoms with van der Waals surface area (Å²) in [7, 11) is 0. The van der Waals surface area contributed by atoms with Gasteiger partial charge in [-0.3, -0.25) is 4.79 Å². The van der Waals surface area contributed by atoms with E-state index >= 15 is 0 Å². The van der Waals surface area contributed by atoms with Crippen molar-refractivity contribution in [3.63, 3.8) is 0 Å². The Morgan fingerprint density at radius 3 is 2.72 bits per heavy atom. The molecule has 0 aliphatic carbocycles. The molecular formula is C25H29FN4O2. The van der Waals surface area contributed by atoms with Crippen LogP contribution in [0, 0.1) is 5.82 Å². The fourth-order valence-electron chi connectivity index (χ4n) is 4.18. The second kappa shape index (κ2) is 8.74. The molecule has 4 rings (SSSR count). The number of nitrogens with zero attached hydrogens (tertiary/aromatic N) is 2. The van der Waals surface area contributed by atoms with Gasteiger partial charge in [0.15, 0.2) is 0 Å². The van der Waals surface area contributed by atoms with E-state index in [2.05, 4.69) is 34.4 Å². The normalized spacial score (nSPS) is 18.9. The third-order valence-electron chi connectivity index (χ3n) is 5.96. The zero-order valence-corrected chi connectivity index (χ0v) is 19.0. The number of rotatable bonds is 7. The molecule has 0 spiro atoms. The van der Waals surface area contributed by atoms with Gasteiger partial charge in [0.05, 0.1) is 11.3 Å². The fourth-order valence-corrected chi connectivity index (χ4v) is 4.18. The summed E-state index contributed by atoms with van der Waals surface area (Å²) >= 11 is 0. The van der Waals surface area contributed by atoms with Crippen molar-refractivity contribution < 1.29 is 13.9 Å². The van der Waals surface area contributed by atoms with Crippen molar-refractivity contribution in [1.82, 2.24) is 9.88 Å². The highest BCUT2D eigenvalue weighted by Gasteiger charge is 2.38. The van der Waals surface area contributed by atoms with Crippen LogP contribution in [-0.4, -0.2) is 47.6 Å². The standard InChI is InChI=1S/C25H29FN4O2/c1-5-30(6-2)12-11-28-22-13-16(9-10-27-22)19-15-21(32-25(19,3)4)23-18-8-7-17(26)14-20(18)29-24(23)31/h7-10,13-15H,5-6,11-12H2,1-4H3,(H,27,28)(H,29,31)/b23-21+. The Hall–Kier alpha value is -3.19. The van der Waals surface area contributed by atoms with Gasteiger partial charge in [0.2, 0.25) is 0 Å². The Balaban J connectivity index is 1.63. The van der Waals surface area contributed by atoms with Crippen LogP contribution in [0.4, 0.5) is 15.9 Å². The lowest BCUT2D eigenvalue weighted by molar-refractivity contribution is -0.111. The molecule has 0 unspecified atom stereocenters. The molecule has 0 radical (unpaired) electrons. The molecule has 6 nitrogen and oxygen atoms in total. The predicted octanol–water partition coefficient (Wildman–Crippen LogP) is 4.53. The van der Waals surface area contributed by atoms with Crippen LogP contribution in [0.15, 0.2) is 48.4 Å². The van der Waals surface area contributed by atoms with Crippen LogP contribution in [0.2, 0.25) is 0 Å². The molecule has 2 aromatic rings. The lowest BCUT2D eigenvalue weighted by Gasteiger charge is -2.24. The van der Waals surface area contributed by atoms with Gasteiger partial charge in [-0.25, -0.2) is 9.37 Å². The molecule has 0 fully saturated rings. The number of likely N-dealkylation sites (N-methyl/N-ethyl adjacent to an activating group) is 1. The number of fused-ring (bicyclic) bond motifs is 1. The highest BCUT2D eigenvalue weighted by Crippen LogP contribution is 2.44. The summed E-state index contributed by atoms with van der Waals surface area (Å²) in [6.45, 7) is 12.0. The van der Waals surface area contributed by atoms with Crippen LogP contribution in [0.1, 0.15) is 38.8 Å². The van der Waals surface area contributed by atoms with Crippen molar-refractivity contribution in [2.45, 2.75) is 33.3 Å². The van der Waals surface area contributed by atoms with E-state index in [9.17, 15) is 9.18 Å². The zero-order valence-electron chi connectivity index (χ0n) is 19.0. The molecule has 32 heavy (non-hydrogen) atoms. The van der Waals surface area contributed by atoms with Crippen LogP contribution in [-0.2, 0) is 9.53 Å². The monoisotopic (exact) mass is 436 g/mol. The summed E-state index contributed by atoms with van der Waals surface area (Å²) in [5.74, 6) is 0.604. The number of carbonyl (C=O) groups is 1. The predicted molar refractivity (Wildman–Crippen MR) is 126 cm³/mol. The van der Waals surface area contributed by atoms with Crippen LogP contribution < -0.4 is 10.6 Å². The summed E-state index contributed by atoms with van der Waals surface area (Å²) < 4.78 is 19.8. The molecule has 2 aliphatic heterocycles. The number of carbonyl (C=O) groups excluding carboxylic acids is 1. The van der Waals surface area contributed by atoms with Crippen LogP contribution >= 0.6 is 0 Å². The highest BCUT2D eigenvalue weighted by atomic mass is 19.1. The first-order chi connectivity index (χ1) is 15.3. The third kappa shape index (κ3) is 4.25. The molecular weight excluding hydrogens is 407 g/mol. The lowest BCUT2D eigenvalue weighted by atomic mass is 9.92. The minimum absolute atomic E-state index is 0.289. The number of allylic oxidation sites excluding steroid dienone is 1. The summed E-state index contributed by atoms with van der Waals surface area (Å²) in [5.41, 5.74) is 2.83. The SMILES string of the molecule is CCN(CC)CCNc1cc(C2=C/C(=C3\C(=O)Nc4cc(F)ccc43)OC2(C)C)ccn1. The van der Waals surface area contributed by atoms with Gasteiger partial charge < -0.3 is 20.3 Å². The first kappa shape index (κ1) is 22.0. The Morgan fingerprint density at radius 2 is 1.97 bits per heavy atom. The first-order valence-corrected chi connectivity index (χ1v) is 11.0. The van der Waals surface area contributed by atoms with Crippen LogP contribution in [0.25, 0.3) is 11.1 Å². The minimum atomic E-state index is -0.634. The molecule has 0 saturated heterocycles. The average molecular weight is 437 g/mol. The van der Waals surface area contributed by atoms with Gasteiger partial charge in [-0.1, -0.05) is 13.8 Å². The highest BCUT2D eigenvalue weighted by molar-refractivity contribution is 6.32. The largest absolute Gasteiger partial charge is 0.482 e. The molecule has 0 atom stereocenters. The number of nitrogens with one attached hydrogen (secondary N) is 2. The van der Waals surface area contributed by atoms with Gasteiger partial charge in [0, 0.05) is 30.4 Å². The van der Waals surface area contributed by atoms with Gasteiger partial charge in [0.25, 0.3) is 5.91 Å². The number of amides is 1. The molecule has 0 bridgehead atoms. The molecule has 0 saturated carbocycles. The van der Waals surface area contributed by atoms with E-state index in [4.69, 9.17) is 4.74 Å². The van der Waals surface area contributed by atoms with Crippen molar-refractivity contribution >= 4 is 28.6 Å². The summed E-state index contributed by atoms with van der Waals surface area (Å²) in [6.07, 6.45) is 3.68. The van der Waals surface area contributed by atoms with E-state index in [1.165, 1.54) is 12.1 Å². The van der Waals surface area contributed by atoms with Gasteiger partial charge in [-0.05, 0) is 68.9 Å². The van der Waals surface area contributed by atoms with E-state index in [-0.39, 0.29) is 5.91 Å². The van der Waals surface area contributed by atoms with Crippen molar-refractivity contribution in [3.05, 3.63) is 65.3 Å². The maximum atomic E-state index is 13.6. The van der Waals surface area contributed by atoms with Gasteiger partial charge >= 0.3 is 0 Å². The number of benzene rings is 1. The molecule has 2 N–H and O–H groups in total. The van der Waals surface area contributed by atoms with Crippen molar-refractivity contribution in [3.8, 4) is 0 Å². The first-order valence-electron chi connectivity index (χ1n) is 11.0. The smallest absolute Gasteiger partial charge is 0.260 e. The van der Waals surface area contributed by atoms with Crippen molar-refractivity contribution in [1.29, 1.82) is 0 Å². The molecule has 168 valence electrons. The van der Waals surface area contributed by atoms with Crippen molar-refractivity contribution in [2.75, 3.05) is 36.8 Å². The van der Waals surface area contributed by atoms with Gasteiger partial charge in [-0.15, -0.1) is 0 Å². The van der Waals surface area contributed by atoms with Gasteiger partial charge in [-0.2, -0.15) is 0 Å². The molecule has 1 aromatic carbocycles. The van der Waals surface area contributed by atoms with Crippen LogP contribution in [0.5, 0.6) is 0 Å². The number of anilines is 2. The summed E-state index contributed by atoms with van der Waals surface area (Å²) in [4.78, 5) is 19.4. The van der Waals surface area contributed by atoms with Gasteiger partial charge in [0.1, 0.15) is 23.0 Å². The minimum Gasteiger partial charge on any atom is -0.482 e. The lowest BCUT2D eigenvalue weighted by Crippen LogP contribution is -2.28. The van der Waals surface area contributed by atoms with E-state index in [0.29, 0.717) is 22.6 Å². The average Bonchev–Trinajstić information content (AvgIpc) is 3.25. The number of hydrogen-bond donors (Lipinski definition) is 2. The number of ether oxygens (including phenoxy) is 1. The fraction of sp³-hybridized carbons (Fsp3) is 0.360. The Labute approximate surface area is 188 Å². The van der Waals surface area contributed by atoms with E-state index in [1.54, 1.807) is 12.3 Å². The van der Waals surface area contributed by atoms with E-state index < -0.39 is 11.4 Å². The maximum absolute atomic E-state index is 13.6. The summed E-state index contributed by atoms with van der Waals surface area (Å²) in [6, 6.07) is 8.23. The number of halogens is 1. The topological polar surface area (TPSA) is 66.5 Å². The maximum Gasteiger partial charge on any atom is 0.260 e. The summed E-state index contributed by atoms with van der Waals surface area (Å²) in [5, 5.41) is 6.12. The second-order valence-corrected chi connectivity index (χ2v) is 8.44. The number of aromatic nitrogens is 1. The molecule has 7 heteroatoms. The molecule has 1 aromatic heterocycles. The Bertz CT molecular complexity index is 1100. The zero-order chi connectivity index (χ0) is 22.9. The van der Waals surface area contributed by atoms with E-state index in [1.807, 2.05) is 32.1 Å². The quantitative estimate of drug-likeness (QED) is 0.625. The number of pyridine rings is 1. The third-order valence-corrected chi connectivity index (χ3v) is 5.96. The van der Waals surface area contributed by atoms with Crippen LogP contribution in [0.3, 0.4) is 0 Å².